The van der Waals surface area contributed by atoms with Crippen LogP contribution in [0.3, 0.4) is 0 Å². The molecule has 1 aromatic carbocycles. The number of rotatable bonds is 2. The third-order valence-corrected chi connectivity index (χ3v) is 4.84. The Labute approximate surface area is 130 Å². The van der Waals surface area contributed by atoms with Gasteiger partial charge in [-0.25, -0.2) is 0 Å². The first kappa shape index (κ1) is 14.9. The van der Waals surface area contributed by atoms with Crippen LogP contribution in [0.5, 0.6) is 0 Å². The summed E-state index contributed by atoms with van der Waals surface area (Å²) in [6, 6.07) is 6.90. The number of nitrogens with two attached hydrogens (primary N) is 1. The number of nitrogens with one attached hydrogen (secondary N) is 2. The van der Waals surface area contributed by atoms with Gasteiger partial charge in [0, 0.05) is 12.1 Å². The van der Waals surface area contributed by atoms with Crippen LogP contribution in [-0.2, 0) is 16.0 Å². The third kappa shape index (κ3) is 2.80. The number of carbonyl (C=O) groups excluding carboxylic acids is 2. The van der Waals surface area contributed by atoms with Gasteiger partial charge < -0.3 is 16.4 Å². The molecular weight excluding hydrogens is 278 g/mol. The second-order valence-electron chi connectivity index (χ2n) is 6.74. The molecule has 1 saturated carbocycles. The lowest BCUT2D eigenvalue weighted by Gasteiger charge is -2.44. The van der Waals surface area contributed by atoms with E-state index in [1.807, 2.05) is 24.3 Å². The number of carbonyl (C=O) groups is 2. The number of hydrogen-bond donors (Lipinski definition) is 3. The zero-order chi connectivity index (χ0) is 15.7. The Kier molecular flexibility index (Phi) is 3.81. The number of amides is 2. The second-order valence-corrected chi connectivity index (χ2v) is 6.74. The highest BCUT2D eigenvalue weighted by molar-refractivity contribution is 6.00. The van der Waals surface area contributed by atoms with Crippen LogP contribution in [0.25, 0.3) is 0 Å². The fourth-order valence-corrected chi connectivity index (χ4v) is 3.65. The molecule has 0 aromatic heterocycles. The number of anilines is 1. The van der Waals surface area contributed by atoms with E-state index in [4.69, 9.17) is 5.73 Å². The topological polar surface area (TPSA) is 84.2 Å². The van der Waals surface area contributed by atoms with E-state index in [1.165, 1.54) is 0 Å². The molecular formula is C17H23N3O2. The molecule has 1 aliphatic carbocycles. The lowest BCUT2D eigenvalue weighted by Crippen LogP contribution is -2.70. The van der Waals surface area contributed by atoms with Crippen molar-refractivity contribution in [2.75, 3.05) is 5.73 Å². The smallest absolute Gasteiger partial charge is 0.246 e. The van der Waals surface area contributed by atoms with Crippen molar-refractivity contribution in [2.45, 2.75) is 50.6 Å². The average molecular weight is 301 g/mol. The molecule has 1 saturated heterocycles. The van der Waals surface area contributed by atoms with Gasteiger partial charge in [-0.15, -0.1) is 0 Å². The minimum absolute atomic E-state index is 0.0286. The molecule has 1 heterocycles. The Hall–Kier alpha value is -2.04. The van der Waals surface area contributed by atoms with E-state index >= 15 is 0 Å². The summed E-state index contributed by atoms with van der Waals surface area (Å²) >= 11 is 0. The molecule has 1 aromatic rings. The van der Waals surface area contributed by atoms with Crippen LogP contribution < -0.4 is 16.4 Å². The van der Waals surface area contributed by atoms with Gasteiger partial charge in [0.05, 0.1) is 0 Å². The standard InChI is InChI=1S/C17H23N3O2/c1-11-3-2-8-17(10-11)16(22)19-14(15(21)20-17)9-12-4-6-13(18)7-5-12/h4-7,11,14H,2-3,8-10,18H2,1H3,(H,19,22)(H,20,21)/t11?,14-,17?/m0/s1. The van der Waals surface area contributed by atoms with Gasteiger partial charge in [-0.2, -0.15) is 0 Å². The van der Waals surface area contributed by atoms with Crippen molar-refractivity contribution in [3.05, 3.63) is 29.8 Å². The van der Waals surface area contributed by atoms with Crippen molar-refractivity contribution in [3.8, 4) is 0 Å². The summed E-state index contributed by atoms with van der Waals surface area (Å²) < 4.78 is 0. The maximum absolute atomic E-state index is 12.6. The van der Waals surface area contributed by atoms with Crippen LogP contribution in [0.2, 0.25) is 0 Å². The quantitative estimate of drug-likeness (QED) is 0.721. The lowest BCUT2D eigenvalue weighted by molar-refractivity contribution is -0.143. The van der Waals surface area contributed by atoms with Gasteiger partial charge in [-0.1, -0.05) is 31.9 Å². The van der Waals surface area contributed by atoms with Gasteiger partial charge in [0.2, 0.25) is 11.8 Å². The molecule has 0 bridgehead atoms. The monoisotopic (exact) mass is 301 g/mol. The maximum Gasteiger partial charge on any atom is 0.246 e. The van der Waals surface area contributed by atoms with Crippen molar-refractivity contribution in [2.24, 2.45) is 5.92 Å². The lowest BCUT2D eigenvalue weighted by atomic mass is 9.74. The molecule has 2 unspecified atom stereocenters. The van der Waals surface area contributed by atoms with Crippen LogP contribution in [0, 0.1) is 5.92 Å². The Morgan fingerprint density at radius 2 is 2.00 bits per heavy atom. The summed E-state index contributed by atoms with van der Waals surface area (Å²) in [5.41, 5.74) is 6.66. The summed E-state index contributed by atoms with van der Waals surface area (Å²) in [5, 5.41) is 5.95. The minimum atomic E-state index is -0.688. The number of piperazine rings is 1. The summed E-state index contributed by atoms with van der Waals surface area (Å²) in [7, 11) is 0. The van der Waals surface area contributed by atoms with Crippen molar-refractivity contribution < 1.29 is 9.59 Å². The molecule has 1 aliphatic heterocycles. The first-order valence-electron chi connectivity index (χ1n) is 7.96. The fraction of sp³-hybridized carbons (Fsp3) is 0.529. The zero-order valence-corrected chi connectivity index (χ0v) is 12.9. The normalized spacial score (nSPS) is 31.7. The van der Waals surface area contributed by atoms with E-state index in [0.29, 0.717) is 18.0 Å². The number of benzene rings is 1. The van der Waals surface area contributed by atoms with Crippen molar-refractivity contribution in [3.63, 3.8) is 0 Å². The molecule has 118 valence electrons. The number of hydrogen-bond acceptors (Lipinski definition) is 3. The number of nitrogen functional groups attached to an aromatic ring is 1. The van der Waals surface area contributed by atoms with E-state index in [-0.39, 0.29) is 11.8 Å². The van der Waals surface area contributed by atoms with Gasteiger partial charge in [0.1, 0.15) is 11.6 Å². The van der Waals surface area contributed by atoms with Crippen LogP contribution in [0.1, 0.15) is 38.2 Å². The molecule has 3 atom stereocenters. The van der Waals surface area contributed by atoms with Crippen molar-refractivity contribution >= 4 is 17.5 Å². The van der Waals surface area contributed by atoms with Crippen LogP contribution in [-0.4, -0.2) is 23.4 Å². The molecule has 2 aliphatic rings. The van der Waals surface area contributed by atoms with Gasteiger partial charge in [-0.05, 0) is 36.5 Å². The largest absolute Gasteiger partial charge is 0.399 e. The zero-order valence-electron chi connectivity index (χ0n) is 12.9. The Morgan fingerprint density at radius 3 is 2.68 bits per heavy atom. The predicted molar refractivity (Wildman–Crippen MR) is 85.0 cm³/mol. The molecule has 22 heavy (non-hydrogen) atoms. The molecule has 5 nitrogen and oxygen atoms in total. The molecule has 2 amide bonds. The van der Waals surface area contributed by atoms with E-state index < -0.39 is 11.6 Å². The Morgan fingerprint density at radius 1 is 1.27 bits per heavy atom. The first-order valence-corrected chi connectivity index (χ1v) is 7.96. The van der Waals surface area contributed by atoms with Crippen LogP contribution in [0.4, 0.5) is 5.69 Å². The highest BCUT2D eigenvalue weighted by Crippen LogP contribution is 2.34. The molecule has 3 rings (SSSR count). The first-order chi connectivity index (χ1) is 10.5. The van der Waals surface area contributed by atoms with Crippen LogP contribution in [0.15, 0.2) is 24.3 Å². The third-order valence-electron chi connectivity index (χ3n) is 4.84. The van der Waals surface area contributed by atoms with Crippen molar-refractivity contribution in [1.82, 2.24) is 10.6 Å². The summed E-state index contributed by atoms with van der Waals surface area (Å²) in [5.74, 6) is 0.359. The Balaban J connectivity index is 1.71. The average Bonchev–Trinajstić information content (AvgIpc) is 2.47. The van der Waals surface area contributed by atoms with Gasteiger partial charge in [0.25, 0.3) is 0 Å². The van der Waals surface area contributed by atoms with Gasteiger partial charge in [0.15, 0.2) is 0 Å². The van der Waals surface area contributed by atoms with E-state index in [1.54, 1.807) is 0 Å². The summed E-state index contributed by atoms with van der Waals surface area (Å²) in [6.45, 7) is 2.14. The highest BCUT2D eigenvalue weighted by Gasteiger charge is 2.48. The second kappa shape index (κ2) is 5.63. The summed E-state index contributed by atoms with van der Waals surface area (Å²) in [4.78, 5) is 25.0. The molecule has 1 spiro atoms. The van der Waals surface area contributed by atoms with E-state index in [9.17, 15) is 9.59 Å². The van der Waals surface area contributed by atoms with Crippen LogP contribution >= 0.6 is 0 Å². The van der Waals surface area contributed by atoms with E-state index in [2.05, 4.69) is 17.6 Å². The van der Waals surface area contributed by atoms with Crippen molar-refractivity contribution in [1.29, 1.82) is 0 Å². The predicted octanol–water partition coefficient (Wildman–Crippen LogP) is 1.37. The minimum Gasteiger partial charge on any atom is -0.399 e. The highest BCUT2D eigenvalue weighted by atomic mass is 16.2. The molecule has 4 N–H and O–H groups in total. The maximum atomic E-state index is 12.6. The van der Waals surface area contributed by atoms with Gasteiger partial charge >= 0.3 is 0 Å². The Bertz CT molecular complexity index is 584. The SMILES string of the molecule is CC1CCCC2(C1)NC(=O)[C@H](Cc1ccc(N)cc1)NC2=O. The molecule has 5 heteroatoms. The molecule has 0 radical (unpaired) electrons. The van der Waals surface area contributed by atoms with E-state index in [0.717, 1.165) is 31.2 Å². The van der Waals surface area contributed by atoms with Gasteiger partial charge in [-0.3, -0.25) is 9.59 Å². The molecule has 2 fully saturated rings. The summed E-state index contributed by atoms with van der Waals surface area (Å²) in [6.07, 6.45) is 4.07. The fourth-order valence-electron chi connectivity index (χ4n) is 3.65.